The third kappa shape index (κ3) is 1.16. The maximum absolute atomic E-state index is 9.82. The number of aliphatic hydroxyl groups is 1. The predicted molar refractivity (Wildman–Crippen MR) is 75.8 cm³/mol. The van der Waals surface area contributed by atoms with Crippen molar-refractivity contribution in [1.82, 2.24) is 0 Å². The van der Waals surface area contributed by atoms with E-state index in [4.69, 9.17) is 0 Å². The highest BCUT2D eigenvalue weighted by Crippen LogP contribution is 2.35. The lowest BCUT2D eigenvalue weighted by atomic mass is 9.96. The van der Waals surface area contributed by atoms with Crippen LogP contribution >= 0.6 is 0 Å². The molecule has 1 N–H and O–H groups in total. The van der Waals surface area contributed by atoms with Crippen LogP contribution in [0.15, 0.2) is 54.6 Å². The zero-order valence-corrected chi connectivity index (χ0v) is 9.85. The number of rotatable bonds is 0. The number of hydrogen-bond acceptors (Lipinski definition) is 1. The minimum absolute atomic E-state index is 0.417. The van der Waals surface area contributed by atoms with E-state index in [0.29, 0.717) is 5.76 Å². The molecule has 0 aromatic heterocycles. The first-order chi connectivity index (χ1) is 8.84. The molecular weight excluding hydrogens is 220 g/mol. The van der Waals surface area contributed by atoms with Crippen molar-refractivity contribution in [2.24, 2.45) is 0 Å². The van der Waals surface area contributed by atoms with E-state index in [1.54, 1.807) is 0 Å². The molecule has 0 amide bonds. The van der Waals surface area contributed by atoms with Gasteiger partial charge in [-0.05, 0) is 39.6 Å². The fourth-order valence-corrected chi connectivity index (χ4v) is 2.92. The highest BCUT2D eigenvalue weighted by atomic mass is 16.3. The van der Waals surface area contributed by atoms with Crippen LogP contribution in [0.2, 0.25) is 0 Å². The maximum Gasteiger partial charge on any atom is 0.119 e. The summed E-state index contributed by atoms with van der Waals surface area (Å²) < 4.78 is 0. The van der Waals surface area contributed by atoms with Gasteiger partial charge in [0.25, 0.3) is 0 Å². The highest BCUT2D eigenvalue weighted by molar-refractivity contribution is 6.09. The van der Waals surface area contributed by atoms with Crippen LogP contribution in [-0.4, -0.2) is 5.11 Å². The van der Waals surface area contributed by atoms with Crippen molar-refractivity contribution < 1.29 is 5.11 Å². The Bertz CT molecular complexity index is 812. The molecule has 0 unspecified atom stereocenters. The SMILES string of the molecule is OC1=CCc2c1ccc1c2ccc2ccccc21. The Labute approximate surface area is 105 Å². The van der Waals surface area contributed by atoms with Crippen LogP contribution in [0.1, 0.15) is 11.1 Å². The van der Waals surface area contributed by atoms with Gasteiger partial charge in [-0.25, -0.2) is 0 Å². The van der Waals surface area contributed by atoms with Crippen LogP contribution in [0.3, 0.4) is 0 Å². The lowest BCUT2D eigenvalue weighted by Crippen LogP contribution is -1.88. The molecule has 0 fully saturated rings. The molecule has 0 bridgehead atoms. The fourth-order valence-electron chi connectivity index (χ4n) is 2.92. The van der Waals surface area contributed by atoms with Gasteiger partial charge in [0.2, 0.25) is 0 Å². The molecule has 0 spiro atoms. The summed E-state index contributed by atoms with van der Waals surface area (Å²) >= 11 is 0. The Morgan fingerprint density at radius 3 is 2.56 bits per heavy atom. The first kappa shape index (κ1) is 9.72. The van der Waals surface area contributed by atoms with E-state index in [1.165, 1.54) is 27.1 Å². The quantitative estimate of drug-likeness (QED) is 0.568. The van der Waals surface area contributed by atoms with Crippen molar-refractivity contribution in [3.8, 4) is 0 Å². The van der Waals surface area contributed by atoms with Gasteiger partial charge in [0, 0.05) is 5.56 Å². The lowest BCUT2D eigenvalue weighted by Gasteiger charge is -2.09. The summed E-state index contributed by atoms with van der Waals surface area (Å²) in [7, 11) is 0. The zero-order valence-electron chi connectivity index (χ0n) is 9.85. The number of fused-ring (bicyclic) bond motifs is 5. The first-order valence-electron chi connectivity index (χ1n) is 6.17. The average Bonchev–Trinajstić information content (AvgIpc) is 2.80. The molecule has 0 saturated heterocycles. The summed E-state index contributed by atoms with van der Waals surface area (Å²) in [5.41, 5.74) is 2.23. The van der Waals surface area contributed by atoms with Crippen LogP contribution in [0, 0.1) is 0 Å². The molecule has 0 saturated carbocycles. The molecular formula is C17H12O. The van der Waals surface area contributed by atoms with E-state index in [0.717, 1.165) is 12.0 Å². The molecule has 0 atom stereocenters. The van der Waals surface area contributed by atoms with E-state index >= 15 is 0 Å². The summed E-state index contributed by atoms with van der Waals surface area (Å²) in [6, 6.07) is 16.9. The molecule has 4 rings (SSSR count). The van der Waals surface area contributed by atoms with Crippen LogP contribution in [-0.2, 0) is 6.42 Å². The van der Waals surface area contributed by atoms with Crippen LogP contribution in [0.25, 0.3) is 27.3 Å². The molecule has 1 aliphatic carbocycles. The molecule has 18 heavy (non-hydrogen) atoms. The standard InChI is InChI=1S/C17H12O/c18-17-10-9-15-14-6-5-11-3-1-2-4-12(11)13(14)7-8-16(15)17/h1-8,10,18H,9H2. The van der Waals surface area contributed by atoms with Gasteiger partial charge in [0.05, 0.1) is 0 Å². The Morgan fingerprint density at radius 1 is 0.778 bits per heavy atom. The van der Waals surface area contributed by atoms with Crippen molar-refractivity contribution in [2.75, 3.05) is 0 Å². The molecule has 3 aromatic carbocycles. The number of benzene rings is 3. The van der Waals surface area contributed by atoms with E-state index in [2.05, 4.69) is 42.5 Å². The van der Waals surface area contributed by atoms with Gasteiger partial charge in [-0.15, -0.1) is 0 Å². The molecule has 0 heterocycles. The molecule has 1 aliphatic rings. The van der Waals surface area contributed by atoms with Crippen molar-refractivity contribution in [2.45, 2.75) is 6.42 Å². The van der Waals surface area contributed by atoms with E-state index < -0.39 is 0 Å². The van der Waals surface area contributed by atoms with Crippen LogP contribution < -0.4 is 0 Å². The lowest BCUT2D eigenvalue weighted by molar-refractivity contribution is 0.513. The van der Waals surface area contributed by atoms with Gasteiger partial charge in [0.1, 0.15) is 5.76 Å². The normalized spacial score (nSPS) is 13.9. The molecule has 0 radical (unpaired) electrons. The number of hydrogen-bond donors (Lipinski definition) is 1. The highest BCUT2D eigenvalue weighted by Gasteiger charge is 2.16. The topological polar surface area (TPSA) is 20.2 Å². The monoisotopic (exact) mass is 232 g/mol. The van der Waals surface area contributed by atoms with Gasteiger partial charge in [-0.2, -0.15) is 0 Å². The third-order valence-electron chi connectivity index (χ3n) is 3.81. The van der Waals surface area contributed by atoms with Crippen LogP contribution in [0.5, 0.6) is 0 Å². The summed E-state index contributed by atoms with van der Waals surface area (Å²) in [6.45, 7) is 0. The Hall–Kier alpha value is -2.28. The number of aliphatic hydroxyl groups excluding tert-OH is 1. The Balaban J connectivity index is 2.18. The Morgan fingerprint density at radius 2 is 1.61 bits per heavy atom. The summed E-state index contributed by atoms with van der Waals surface area (Å²) in [6.07, 6.45) is 2.72. The summed E-state index contributed by atoms with van der Waals surface area (Å²) in [5.74, 6) is 0.417. The summed E-state index contributed by atoms with van der Waals surface area (Å²) in [4.78, 5) is 0. The molecule has 3 aromatic rings. The van der Waals surface area contributed by atoms with Gasteiger partial charge < -0.3 is 5.11 Å². The maximum atomic E-state index is 9.82. The number of allylic oxidation sites excluding steroid dienone is 1. The second-order valence-corrected chi connectivity index (χ2v) is 4.77. The predicted octanol–water partition coefficient (Wildman–Crippen LogP) is 4.45. The smallest absolute Gasteiger partial charge is 0.119 e. The zero-order chi connectivity index (χ0) is 12.1. The molecule has 1 heteroatoms. The molecule has 0 aliphatic heterocycles. The van der Waals surface area contributed by atoms with Gasteiger partial charge in [0.15, 0.2) is 0 Å². The largest absolute Gasteiger partial charge is 0.508 e. The van der Waals surface area contributed by atoms with Crippen molar-refractivity contribution in [3.05, 3.63) is 65.7 Å². The van der Waals surface area contributed by atoms with Gasteiger partial charge in [-0.1, -0.05) is 48.5 Å². The van der Waals surface area contributed by atoms with Gasteiger partial charge >= 0.3 is 0 Å². The summed E-state index contributed by atoms with van der Waals surface area (Å²) in [5, 5.41) is 14.9. The van der Waals surface area contributed by atoms with Crippen LogP contribution in [0.4, 0.5) is 0 Å². The molecule has 1 nitrogen and oxygen atoms in total. The second-order valence-electron chi connectivity index (χ2n) is 4.77. The van der Waals surface area contributed by atoms with Gasteiger partial charge in [-0.3, -0.25) is 0 Å². The van der Waals surface area contributed by atoms with E-state index in [-0.39, 0.29) is 0 Å². The minimum atomic E-state index is 0.417. The first-order valence-corrected chi connectivity index (χ1v) is 6.17. The third-order valence-corrected chi connectivity index (χ3v) is 3.81. The fraction of sp³-hybridized carbons (Fsp3) is 0.0588. The van der Waals surface area contributed by atoms with Crippen molar-refractivity contribution in [3.63, 3.8) is 0 Å². The van der Waals surface area contributed by atoms with Crippen molar-refractivity contribution in [1.29, 1.82) is 0 Å². The van der Waals surface area contributed by atoms with Crippen molar-refractivity contribution >= 4 is 27.3 Å². The average molecular weight is 232 g/mol. The Kier molecular flexibility index (Phi) is 1.81. The minimum Gasteiger partial charge on any atom is -0.508 e. The molecule has 86 valence electrons. The van der Waals surface area contributed by atoms with E-state index in [1.807, 2.05) is 12.1 Å². The van der Waals surface area contributed by atoms with E-state index in [9.17, 15) is 5.11 Å². The second kappa shape index (κ2) is 3.36.